The number of hydrazine groups is 1. The van der Waals surface area contributed by atoms with Crippen molar-refractivity contribution in [2.75, 3.05) is 5.43 Å². The van der Waals surface area contributed by atoms with Gasteiger partial charge in [0.2, 0.25) is 0 Å². The van der Waals surface area contributed by atoms with E-state index in [0.717, 1.165) is 12.1 Å². The molecule has 0 atom stereocenters. The van der Waals surface area contributed by atoms with E-state index in [2.05, 4.69) is 21.4 Å². The Hall–Kier alpha value is -4.02. The molecule has 2 amide bonds. The molecule has 3 aromatic rings. The number of nitrogens with zero attached hydrogens (tertiary/aromatic N) is 1. The predicted molar refractivity (Wildman–Crippen MR) is 112 cm³/mol. The van der Waals surface area contributed by atoms with Gasteiger partial charge < -0.3 is 8.83 Å². The normalized spacial score (nSPS) is 14.6. The number of rotatable bonds is 4. The van der Waals surface area contributed by atoms with Crippen molar-refractivity contribution in [3.05, 3.63) is 76.6 Å². The molecule has 1 aliphatic rings. The van der Waals surface area contributed by atoms with Crippen LogP contribution in [-0.2, 0) is 12.6 Å². The Morgan fingerprint density at radius 3 is 2.58 bits per heavy atom. The summed E-state index contributed by atoms with van der Waals surface area (Å²) in [6.07, 6.45) is -1.31. The third-order valence-corrected chi connectivity index (χ3v) is 5.08. The number of carbonyl (C=O) groups is 2. The molecule has 11 heteroatoms. The second-order valence-corrected chi connectivity index (χ2v) is 7.34. The Morgan fingerprint density at radius 1 is 1.06 bits per heavy atom. The minimum Gasteiger partial charge on any atom is -0.459 e. The number of amides is 2. The number of hydrogen-bond acceptors (Lipinski definition) is 6. The molecule has 33 heavy (non-hydrogen) atoms. The summed E-state index contributed by atoms with van der Waals surface area (Å²) in [5.41, 5.74) is 8.29. The minimum atomic E-state index is -4.46. The van der Waals surface area contributed by atoms with Crippen molar-refractivity contribution in [1.29, 1.82) is 0 Å². The Bertz CT molecular complexity index is 1210. The molecule has 2 aromatic heterocycles. The van der Waals surface area contributed by atoms with Gasteiger partial charge in [0.05, 0.1) is 23.2 Å². The van der Waals surface area contributed by atoms with Gasteiger partial charge in [-0.05, 0) is 50.1 Å². The Morgan fingerprint density at radius 2 is 1.85 bits per heavy atom. The van der Waals surface area contributed by atoms with Crippen LogP contribution in [0.1, 0.15) is 56.4 Å². The summed E-state index contributed by atoms with van der Waals surface area (Å²) >= 11 is 0. The number of carbonyl (C=O) groups excluding carboxylic acids is 2. The van der Waals surface area contributed by atoms with Crippen molar-refractivity contribution in [3.8, 4) is 0 Å². The predicted octanol–water partition coefficient (Wildman–Crippen LogP) is 4.43. The molecule has 0 aliphatic heterocycles. The summed E-state index contributed by atoms with van der Waals surface area (Å²) in [7, 11) is 0. The third kappa shape index (κ3) is 4.76. The van der Waals surface area contributed by atoms with Gasteiger partial charge in [0.25, 0.3) is 0 Å². The summed E-state index contributed by atoms with van der Waals surface area (Å²) in [5, 5.41) is 4.28. The number of aryl methyl sites for hydroxylation is 1. The average molecular weight is 460 g/mol. The van der Waals surface area contributed by atoms with Crippen molar-refractivity contribution in [3.63, 3.8) is 0 Å². The monoisotopic (exact) mass is 460 g/mol. The molecule has 172 valence electrons. The maximum atomic E-state index is 12.9. The maximum absolute atomic E-state index is 12.9. The van der Waals surface area contributed by atoms with Crippen LogP contribution >= 0.6 is 0 Å². The van der Waals surface area contributed by atoms with Gasteiger partial charge in [-0.15, -0.1) is 0 Å². The first-order valence-electron chi connectivity index (χ1n) is 10.0. The van der Waals surface area contributed by atoms with Gasteiger partial charge in [-0.3, -0.25) is 25.9 Å². The lowest BCUT2D eigenvalue weighted by atomic mass is 9.93. The molecular formula is C22H19F3N4O4. The van der Waals surface area contributed by atoms with Gasteiger partial charge in [-0.25, -0.2) is 0 Å². The van der Waals surface area contributed by atoms with E-state index in [1.54, 1.807) is 6.92 Å². The molecule has 0 unspecified atom stereocenters. The highest BCUT2D eigenvalue weighted by Crippen LogP contribution is 2.32. The summed E-state index contributed by atoms with van der Waals surface area (Å²) in [6.45, 7) is 1.68. The largest absolute Gasteiger partial charge is 0.459 e. The molecule has 8 nitrogen and oxygen atoms in total. The number of nitrogens with one attached hydrogen (secondary N) is 3. The Kier molecular flexibility index (Phi) is 5.95. The number of furan rings is 2. The zero-order valence-corrected chi connectivity index (χ0v) is 17.4. The van der Waals surface area contributed by atoms with E-state index in [1.165, 1.54) is 30.5 Å². The van der Waals surface area contributed by atoms with Crippen LogP contribution in [-0.4, -0.2) is 17.5 Å². The van der Waals surface area contributed by atoms with Crippen LogP contribution in [0.3, 0.4) is 0 Å². The molecule has 4 rings (SSSR count). The van der Waals surface area contributed by atoms with Gasteiger partial charge in [-0.1, -0.05) is 6.07 Å². The molecule has 0 radical (unpaired) electrons. The second kappa shape index (κ2) is 8.85. The first-order valence-corrected chi connectivity index (χ1v) is 10.0. The minimum absolute atomic E-state index is 0.00779. The SMILES string of the molecule is Cc1c(C(=O)NNC(=O)c2ccco2)oc2c1/C(=N/Nc1cccc(C(F)(F)F)c1)CCC2. The number of halogens is 3. The molecule has 0 saturated heterocycles. The van der Waals surface area contributed by atoms with Crippen LogP contribution in [0.15, 0.2) is 56.6 Å². The van der Waals surface area contributed by atoms with E-state index >= 15 is 0 Å². The lowest BCUT2D eigenvalue weighted by molar-refractivity contribution is -0.137. The quantitative estimate of drug-likeness (QED) is 0.499. The Labute approximate surface area is 185 Å². The number of fused-ring (bicyclic) bond motifs is 1. The van der Waals surface area contributed by atoms with E-state index in [9.17, 15) is 22.8 Å². The average Bonchev–Trinajstić information content (AvgIpc) is 3.44. The fourth-order valence-corrected chi connectivity index (χ4v) is 3.53. The van der Waals surface area contributed by atoms with Crippen molar-refractivity contribution >= 4 is 23.2 Å². The number of hydrogen-bond donors (Lipinski definition) is 3. The molecule has 0 fully saturated rings. The van der Waals surface area contributed by atoms with E-state index in [0.29, 0.717) is 41.9 Å². The van der Waals surface area contributed by atoms with E-state index in [1.807, 2.05) is 0 Å². The molecule has 3 N–H and O–H groups in total. The fraction of sp³-hybridized carbons (Fsp3) is 0.227. The van der Waals surface area contributed by atoms with Crippen LogP contribution < -0.4 is 16.3 Å². The number of alkyl halides is 3. The summed E-state index contributed by atoms with van der Waals surface area (Å²) in [5.74, 6) is -0.707. The van der Waals surface area contributed by atoms with Gasteiger partial charge in [0.15, 0.2) is 11.5 Å². The first-order chi connectivity index (χ1) is 15.7. The van der Waals surface area contributed by atoms with Crippen molar-refractivity contribution < 1.29 is 31.6 Å². The van der Waals surface area contributed by atoms with Crippen molar-refractivity contribution in [2.24, 2.45) is 5.10 Å². The zero-order chi connectivity index (χ0) is 23.6. The van der Waals surface area contributed by atoms with Gasteiger partial charge in [-0.2, -0.15) is 18.3 Å². The first kappa shape index (κ1) is 22.2. The van der Waals surface area contributed by atoms with E-state index in [4.69, 9.17) is 8.83 Å². The van der Waals surface area contributed by atoms with Crippen LogP contribution in [0.5, 0.6) is 0 Å². The topological polar surface area (TPSA) is 109 Å². The fourth-order valence-electron chi connectivity index (χ4n) is 3.53. The summed E-state index contributed by atoms with van der Waals surface area (Å²) in [6, 6.07) is 7.70. The van der Waals surface area contributed by atoms with Gasteiger partial charge in [0.1, 0.15) is 5.76 Å². The number of anilines is 1. The highest BCUT2D eigenvalue weighted by atomic mass is 19.4. The van der Waals surface area contributed by atoms with Crippen LogP contribution in [0.2, 0.25) is 0 Å². The van der Waals surface area contributed by atoms with E-state index in [-0.39, 0.29) is 17.2 Å². The highest BCUT2D eigenvalue weighted by Gasteiger charge is 2.31. The lowest BCUT2D eigenvalue weighted by Crippen LogP contribution is -2.41. The van der Waals surface area contributed by atoms with Gasteiger partial charge >= 0.3 is 18.0 Å². The van der Waals surface area contributed by atoms with Crippen LogP contribution in [0, 0.1) is 6.92 Å². The van der Waals surface area contributed by atoms with Crippen LogP contribution in [0.4, 0.5) is 18.9 Å². The third-order valence-electron chi connectivity index (χ3n) is 5.08. The Balaban J connectivity index is 1.51. The number of hydrazone groups is 1. The molecule has 0 bridgehead atoms. The van der Waals surface area contributed by atoms with Crippen molar-refractivity contribution in [1.82, 2.24) is 10.9 Å². The summed E-state index contributed by atoms with van der Waals surface area (Å²) in [4.78, 5) is 24.5. The molecule has 1 aliphatic carbocycles. The maximum Gasteiger partial charge on any atom is 0.416 e. The van der Waals surface area contributed by atoms with Gasteiger partial charge in [0, 0.05) is 17.5 Å². The molecule has 0 spiro atoms. The molecule has 2 heterocycles. The van der Waals surface area contributed by atoms with Crippen LogP contribution in [0.25, 0.3) is 0 Å². The zero-order valence-electron chi connectivity index (χ0n) is 17.4. The standard InChI is InChI=1S/C22H19F3N4O4/c1-12-18-15(27-26-14-6-2-5-13(11-14)22(23,24)25)7-3-8-16(18)33-19(12)21(31)29-28-20(30)17-9-4-10-32-17/h2,4-6,9-11,26H,3,7-8H2,1H3,(H,28,30)(H,29,31)/b27-15+. The molecule has 0 saturated carbocycles. The summed E-state index contributed by atoms with van der Waals surface area (Å²) < 4.78 is 49.5. The van der Waals surface area contributed by atoms with Crippen molar-refractivity contribution in [2.45, 2.75) is 32.4 Å². The van der Waals surface area contributed by atoms with E-state index < -0.39 is 23.6 Å². The highest BCUT2D eigenvalue weighted by molar-refractivity contribution is 6.07. The molecular weight excluding hydrogens is 441 g/mol. The second-order valence-electron chi connectivity index (χ2n) is 7.34. The smallest absolute Gasteiger partial charge is 0.416 e. The molecule has 1 aromatic carbocycles. The number of benzene rings is 1. The lowest BCUT2D eigenvalue weighted by Gasteiger charge is -2.14.